The number of hydrogen-bond donors (Lipinski definition) is 1. The Labute approximate surface area is 182 Å². The number of guanidine groups is 1. The molecule has 2 aliphatic heterocycles. The van der Waals surface area contributed by atoms with Gasteiger partial charge in [-0.3, -0.25) is 9.79 Å². The minimum absolute atomic E-state index is 0.0274. The molecule has 0 aromatic heterocycles. The quantitative estimate of drug-likeness (QED) is 0.603. The smallest absolute Gasteiger partial charge is 0.227 e. The lowest BCUT2D eigenvalue weighted by Gasteiger charge is -2.38. The van der Waals surface area contributed by atoms with Gasteiger partial charge in [-0.25, -0.2) is 4.39 Å². The van der Waals surface area contributed by atoms with Crippen molar-refractivity contribution in [3.63, 3.8) is 0 Å². The maximum absolute atomic E-state index is 13.3. The van der Waals surface area contributed by atoms with E-state index in [4.69, 9.17) is 4.74 Å². The van der Waals surface area contributed by atoms with Crippen LogP contribution in [-0.4, -0.2) is 49.6 Å². The Morgan fingerprint density at radius 3 is 2.55 bits per heavy atom. The standard InChI is InChI=1S/C24H29FN4O2/c1-17-15-28(16-22(31-17)19-7-9-20(25)10-8-19)24(26-2)27-14-18-5-11-21(12-6-18)29-13-3-4-23(29)30/h5-12,17,22H,3-4,13-16H2,1-2H3,(H,26,27). The lowest BCUT2D eigenvalue weighted by Crippen LogP contribution is -2.50. The van der Waals surface area contributed by atoms with Crippen LogP contribution in [0.15, 0.2) is 53.5 Å². The number of morpholine rings is 1. The highest BCUT2D eigenvalue weighted by atomic mass is 19.1. The number of benzene rings is 2. The molecule has 164 valence electrons. The molecular formula is C24H29FN4O2. The van der Waals surface area contributed by atoms with Crippen molar-refractivity contribution in [1.82, 2.24) is 10.2 Å². The van der Waals surface area contributed by atoms with Gasteiger partial charge < -0.3 is 19.9 Å². The van der Waals surface area contributed by atoms with E-state index in [2.05, 4.69) is 15.2 Å². The summed E-state index contributed by atoms with van der Waals surface area (Å²) < 4.78 is 19.4. The summed E-state index contributed by atoms with van der Waals surface area (Å²) in [6.45, 7) is 4.84. The SMILES string of the molecule is CN=C(NCc1ccc(N2CCCC2=O)cc1)N1CC(C)OC(c2ccc(F)cc2)C1. The van der Waals surface area contributed by atoms with Gasteiger partial charge in [0.25, 0.3) is 0 Å². The number of rotatable bonds is 4. The van der Waals surface area contributed by atoms with Crippen LogP contribution in [0.4, 0.5) is 10.1 Å². The van der Waals surface area contributed by atoms with Crippen LogP contribution in [-0.2, 0) is 16.1 Å². The number of ether oxygens (including phenoxy) is 1. The zero-order valence-electron chi connectivity index (χ0n) is 18.1. The first-order valence-electron chi connectivity index (χ1n) is 10.8. The summed E-state index contributed by atoms with van der Waals surface area (Å²) in [5, 5.41) is 3.43. The fourth-order valence-corrected chi connectivity index (χ4v) is 4.21. The van der Waals surface area contributed by atoms with Crippen LogP contribution >= 0.6 is 0 Å². The number of anilines is 1. The molecule has 6 nitrogen and oxygen atoms in total. The van der Waals surface area contributed by atoms with E-state index in [1.54, 1.807) is 19.2 Å². The Morgan fingerprint density at radius 1 is 1.16 bits per heavy atom. The molecule has 2 saturated heterocycles. The number of halogens is 1. The van der Waals surface area contributed by atoms with Gasteiger partial charge in [0.1, 0.15) is 11.9 Å². The molecule has 1 amide bonds. The molecular weight excluding hydrogens is 395 g/mol. The van der Waals surface area contributed by atoms with E-state index in [-0.39, 0.29) is 23.9 Å². The molecule has 4 rings (SSSR count). The Bertz CT molecular complexity index is 930. The van der Waals surface area contributed by atoms with Crippen molar-refractivity contribution in [2.24, 2.45) is 4.99 Å². The van der Waals surface area contributed by atoms with Crippen LogP contribution in [0.1, 0.15) is 37.0 Å². The fraction of sp³-hybridized carbons (Fsp3) is 0.417. The third-order valence-corrected chi connectivity index (χ3v) is 5.79. The second kappa shape index (κ2) is 9.47. The van der Waals surface area contributed by atoms with Crippen LogP contribution < -0.4 is 10.2 Å². The number of amides is 1. The first-order chi connectivity index (χ1) is 15.0. The highest BCUT2D eigenvalue weighted by molar-refractivity contribution is 5.95. The average Bonchev–Trinajstić information content (AvgIpc) is 3.20. The number of hydrogen-bond acceptors (Lipinski definition) is 3. The average molecular weight is 425 g/mol. The molecule has 0 bridgehead atoms. The number of carbonyl (C=O) groups excluding carboxylic acids is 1. The maximum Gasteiger partial charge on any atom is 0.227 e. The van der Waals surface area contributed by atoms with E-state index >= 15 is 0 Å². The molecule has 1 N–H and O–H groups in total. The monoisotopic (exact) mass is 424 g/mol. The minimum Gasteiger partial charge on any atom is -0.367 e. The summed E-state index contributed by atoms with van der Waals surface area (Å²) in [6.07, 6.45) is 1.45. The van der Waals surface area contributed by atoms with Gasteiger partial charge in [-0.15, -0.1) is 0 Å². The van der Waals surface area contributed by atoms with Gasteiger partial charge in [0, 0.05) is 38.8 Å². The third kappa shape index (κ3) is 5.05. The Kier molecular flexibility index (Phi) is 6.51. The molecule has 0 radical (unpaired) electrons. The molecule has 31 heavy (non-hydrogen) atoms. The van der Waals surface area contributed by atoms with Gasteiger partial charge in [0.05, 0.1) is 12.6 Å². The van der Waals surface area contributed by atoms with E-state index in [1.165, 1.54) is 12.1 Å². The maximum atomic E-state index is 13.3. The van der Waals surface area contributed by atoms with Crippen molar-refractivity contribution in [3.8, 4) is 0 Å². The first kappa shape index (κ1) is 21.3. The zero-order chi connectivity index (χ0) is 21.8. The molecule has 2 unspecified atom stereocenters. The van der Waals surface area contributed by atoms with E-state index in [1.807, 2.05) is 36.1 Å². The Hall–Kier alpha value is -2.93. The predicted molar refractivity (Wildman–Crippen MR) is 119 cm³/mol. The van der Waals surface area contributed by atoms with E-state index in [9.17, 15) is 9.18 Å². The lowest BCUT2D eigenvalue weighted by molar-refractivity contribution is -0.117. The number of carbonyl (C=O) groups is 1. The van der Waals surface area contributed by atoms with Crippen LogP contribution in [0.5, 0.6) is 0 Å². The van der Waals surface area contributed by atoms with Gasteiger partial charge in [-0.05, 0) is 48.7 Å². The summed E-state index contributed by atoms with van der Waals surface area (Å²) in [7, 11) is 1.78. The summed E-state index contributed by atoms with van der Waals surface area (Å²) in [5.41, 5.74) is 3.04. The molecule has 2 aromatic rings. The lowest BCUT2D eigenvalue weighted by atomic mass is 10.1. The predicted octanol–water partition coefficient (Wildman–Crippen LogP) is 3.49. The van der Waals surface area contributed by atoms with Crippen molar-refractivity contribution in [1.29, 1.82) is 0 Å². The highest BCUT2D eigenvalue weighted by Crippen LogP contribution is 2.26. The zero-order valence-corrected chi connectivity index (χ0v) is 18.1. The van der Waals surface area contributed by atoms with Crippen LogP contribution in [0.25, 0.3) is 0 Å². The van der Waals surface area contributed by atoms with Gasteiger partial charge >= 0.3 is 0 Å². The second-order valence-electron chi connectivity index (χ2n) is 8.11. The largest absolute Gasteiger partial charge is 0.367 e. The van der Waals surface area contributed by atoms with Gasteiger partial charge in [0.15, 0.2) is 5.96 Å². The molecule has 2 aliphatic rings. The van der Waals surface area contributed by atoms with Crippen LogP contribution in [0.3, 0.4) is 0 Å². The van der Waals surface area contributed by atoms with E-state index in [0.717, 1.165) is 42.3 Å². The molecule has 2 fully saturated rings. The Balaban J connectivity index is 1.38. The third-order valence-electron chi connectivity index (χ3n) is 5.79. The summed E-state index contributed by atoms with van der Waals surface area (Å²) in [4.78, 5) is 20.4. The van der Waals surface area contributed by atoms with Crippen molar-refractivity contribution in [2.45, 2.75) is 38.5 Å². The number of nitrogens with one attached hydrogen (secondary N) is 1. The minimum atomic E-state index is -0.248. The van der Waals surface area contributed by atoms with Gasteiger partial charge in [-0.1, -0.05) is 24.3 Å². The van der Waals surface area contributed by atoms with E-state index in [0.29, 0.717) is 19.5 Å². The van der Waals surface area contributed by atoms with E-state index < -0.39 is 0 Å². The number of aliphatic imine (C=N–C) groups is 1. The number of nitrogens with zero attached hydrogens (tertiary/aromatic N) is 3. The molecule has 7 heteroatoms. The van der Waals surface area contributed by atoms with Crippen molar-refractivity contribution >= 4 is 17.6 Å². The fourth-order valence-electron chi connectivity index (χ4n) is 4.21. The molecule has 0 saturated carbocycles. The molecule has 0 spiro atoms. The summed E-state index contributed by atoms with van der Waals surface area (Å²) in [5.74, 6) is 0.756. The van der Waals surface area contributed by atoms with Crippen molar-refractivity contribution in [3.05, 3.63) is 65.5 Å². The Morgan fingerprint density at radius 2 is 1.90 bits per heavy atom. The highest BCUT2D eigenvalue weighted by Gasteiger charge is 2.28. The topological polar surface area (TPSA) is 57.2 Å². The second-order valence-corrected chi connectivity index (χ2v) is 8.11. The van der Waals surface area contributed by atoms with Crippen molar-refractivity contribution < 1.29 is 13.9 Å². The normalized spacial score (nSPS) is 22.2. The molecule has 2 aromatic carbocycles. The van der Waals surface area contributed by atoms with Gasteiger partial charge in [-0.2, -0.15) is 0 Å². The summed E-state index contributed by atoms with van der Waals surface area (Å²) >= 11 is 0. The molecule has 2 atom stereocenters. The molecule has 0 aliphatic carbocycles. The molecule has 2 heterocycles. The van der Waals surface area contributed by atoms with Crippen LogP contribution in [0.2, 0.25) is 0 Å². The van der Waals surface area contributed by atoms with Crippen LogP contribution in [0, 0.1) is 5.82 Å². The van der Waals surface area contributed by atoms with Crippen molar-refractivity contribution in [2.75, 3.05) is 31.6 Å². The summed E-state index contributed by atoms with van der Waals surface area (Å²) in [6, 6.07) is 14.6. The first-order valence-corrected chi connectivity index (χ1v) is 10.8. The van der Waals surface area contributed by atoms with Gasteiger partial charge in [0.2, 0.25) is 5.91 Å².